The molecule has 112 valence electrons. The predicted molar refractivity (Wildman–Crippen MR) is 87.1 cm³/mol. The van der Waals surface area contributed by atoms with E-state index in [2.05, 4.69) is 21.2 Å². The van der Waals surface area contributed by atoms with Crippen LogP contribution in [0.4, 0.5) is 0 Å². The van der Waals surface area contributed by atoms with E-state index in [1.807, 2.05) is 6.07 Å². The summed E-state index contributed by atoms with van der Waals surface area (Å²) in [5.41, 5.74) is 1.01. The Hall–Kier alpha value is -0.680. The third-order valence-electron chi connectivity index (χ3n) is 3.32. The molecule has 6 heteroatoms. The molecule has 3 rings (SSSR count). The second-order valence-electron chi connectivity index (χ2n) is 5.01. The second kappa shape index (κ2) is 6.61. The van der Waals surface area contributed by atoms with Crippen LogP contribution in [0.25, 0.3) is 0 Å². The third-order valence-corrected chi connectivity index (χ3v) is 4.82. The maximum atomic E-state index is 6.14. The average Bonchev–Trinajstić information content (AvgIpc) is 3.18. The zero-order valence-corrected chi connectivity index (χ0v) is 14.3. The maximum absolute atomic E-state index is 6.14. The molecule has 0 radical (unpaired) electrons. The Morgan fingerprint density at radius 1 is 1.29 bits per heavy atom. The summed E-state index contributed by atoms with van der Waals surface area (Å²) in [7, 11) is 0. The van der Waals surface area contributed by atoms with Gasteiger partial charge in [0.15, 0.2) is 0 Å². The average molecular weight is 391 g/mol. The fourth-order valence-corrected chi connectivity index (χ4v) is 2.79. The molecule has 1 saturated carbocycles. The molecule has 0 saturated heterocycles. The van der Waals surface area contributed by atoms with Crippen LogP contribution < -0.4 is 10.1 Å². The zero-order chi connectivity index (χ0) is 14.8. The van der Waals surface area contributed by atoms with Crippen LogP contribution in [0.1, 0.15) is 24.2 Å². The van der Waals surface area contributed by atoms with Crippen molar-refractivity contribution in [3.63, 3.8) is 0 Å². The van der Waals surface area contributed by atoms with Crippen LogP contribution in [0.15, 0.2) is 33.4 Å². The molecule has 1 aliphatic rings. The Bertz CT molecular complexity index is 641. The highest BCUT2D eigenvalue weighted by molar-refractivity contribution is 9.10. The molecular formula is C15H14BrCl2NO2. The first-order valence-electron chi connectivity index (χ1n) is 6.69. The number of ether oxygens (including phenoxy) is 1. The molecule has 1 aliphatic carbocycles. The predicted octanol–water partition coefficient (Wildman–Crippen LogP) is 5.18. The summed E-state index contributed by atoms with van der Waals surface area (Å²) in [4.78, 5) is 0. The highest BCUT2D eigenvalue weighted by atomic mass is 79.9. The van der Waals surface area contributed by atoms with Crippen LogP contribution in [0, 0.1) is 0 Å². The first kappa shape index (κ1) is 15.2. The van der Waals surface area contributed by atoms with Crippen molar-refractivity contribution in [3.8, 4) is 5.75 Å². The summed E-state index contributed by atoms with van der Waals surface area (Å²) in [6, 6.07) is 5.99. The highest BCUT2D eigenvalue weighted by Gasteiger charge is 2.21. The van der Waals surface area contributed by atoms with E-state index in [0.29, 0.717) is 28.4 Å². The standard InChI is InChI=1S/C15H14BrCl2NO2/c16-11-5-13(18)14(6-12(11)17)21-8-9-3-4-20-15(9)7-19-10-1-2-10/h3-6,10,19H,1-2,7-8H2. The molecule has 0 bridgehead atoms. The normalized spacial score (nSPS) is 14.4. The highest BCUT2D eigenvalue weighted by Crippen LogP contribution is 2.34. The van der Waals surface area contributed by atoms with Gasteiger partial charge in [-0.25, -0.2) is 0 Å². The number of benzene rings is 1. The van der Waals surface area contributed by atoms with E-state index in [1.165, 1.54) is 12.8 Å². The Morgan fingerprint density at radius 3 is 2.86 bits per heavy atom. The summed E-state index contributed by atoms with van der Waals surface area (Å²) in [6.07, 6.45) is 4.18. The molecule has 1 N–H and O–H groups in total. The summed E-state index contributed by atoms with van der Waals surface area (Å²) < 4.78 is 12.0. The summed E-state index contributed by atoms with van der Waals surface area (Å²) in [5, 5.41) is 4.51. The smallest absolute Gasteiger partial charge is 0.139 e. The molecule has 3 nitrogen and oxygen atoms in total. The van der Waals surface area contributed by atoms with Crippen LogP contribution in [0.2, 0.25) is 10.0 Å². The lowest BCUT2D eigenvalue weighted by molar-refractivity contribution is 0.301. The molecule has 1 fully saturated rings. The van der Waals surface area contributed by atoms with Gasteiger partial charge in [-0.1, -0.05) is 23.2 Å². The quantitative estimate of drug-likeness (QED) is 0.690. The van der Waals surface area contributed by atoms with Crippen LogP contribution in [0.5, 0.6) is 5.75 Å². The topological polar surface area (TPSA) is 34.4 Å². The van der Waals surface area contributed by atoms with Crippen LogP contribution >= 0.6 is 39.1 Å². The molecule has 0 amide bonds. The maximum Gasteiger partial charge on any atom is 0.139 e. The molecule has 2 aromatic rings. The number of furan rings is 1. The SMILES string of the molecule is Clc1cc(OCc2ccoc2CNC2CC2)c(Cl)cc1Br. The van der Waals surface area contributed by atoms with E-state index < -0.39 is 0 Å². The summed E-state index contributed by atoms with van der Waals surface area (Å²) >= 11 is 15.5. The molecular weight excluding hydrogens is 377 g/mol. The van der Waals surface area contributed by atoms with E-state index in [1.54, 1.807) is 18.4 Å². The number of hydrogen-bond donors (Lipinski definition) is 1. The van der Waals surface area contributed by atoms with E-state index in [9.17, 15) is 0 Å². The van der Waals surface area contributed by atoms with Gasteiger partial charge >= 0.3 is 0 Å². The fraction of sp³-hybridized carbons (Fsp3) is 0.333. The first-order valence-corrected chi connectivity index (χ1v) is 8.24. The van der Waals surface area contributed by atoms with Crippen molar-refractivity contribution in [2.75, 3.05) is 0 Å². The number of rotatable bonds is 6. The van der Waals surface area contributed by atoms with Crippen LogP contribution in [0.3, 0.4) is 0 Å². The zero-order valence-electron chi connectivity index (χ0n) is 11.2. The van der Waals surface area contributed by atoms with Crippen molar-refractivity contribution in [3.05, 3.63) is 50.3 Å². The lowest BCUT2D eigenvalue weighted by Gasteiger charge is -2.10. The minimum atomic E-state index is 0.399. The molecule has 0 unspecified atom stereocenters. The van der Waals surface area contributed by atoms with Crippen LogP contribution in [-0.2, 0) is 13.2 Å². The third kappa shape index (κ3) is 3.95. The van der Waals surface area contributed by atoms with E-state index in [0.717, 1.165) is 22.3 Å². The number of nitrogens with one attached hydrogen (secondary N) is 1. The summed E-state index contributed by atoms with van der Waals surface area (Å²) in [6.45, 7) is 1.13. The lowest BCUT2D eigenvalue weighted by atomic mass is 10.2. The van der Waals surface area contributed by atoms with E-state index in [-0.39, 0.29) is 0 Å². The van der Waals surface area contributed by atoms with Gasteiger partial charge in [-0.05, 0) is 40.9 Å². The second-order valence-corrected chi connectivity index (χ2v) is 6.68. The largest absolute Gasteiger partial charge is 0.487 e. The lowest BCUT2D eigenvalue weighted by Crippen LogP contribution is -2.16. The molecule has 1 aromatic carbocycles. The van der Waals surface area contributed by atoms with Crippen LogP contribution in [-0.4, -0.2) is 6.04 Å². The molecule has 1 aromatic heterocycles. The van der Waals surface area contributed by atoms with Crippen molar-refractivity contribution in [2.24, 2.45) is 0 Å². The van der Waals surface area contributed by atoms with E-state index >= 15 is 0 Å². The molecule has 0 atom stereocenters. The molecule has 0 spiro atoms. The minimum Gasteiger partial charge on any atom is -0.487 e. The Kier molecular flexibility index (Phi) is 4.79. The van der Waals surface area contributed by atoms with Gasteiger partial charge in [0.25, 0.3) is 0 Å². The monoisotopic (exact) mass is 389 g/mol. The molecule has 1 heterocycles. The number of hydrogen-bond acceptors (Lipinski definition) is 3. The van der Waals surface area contributed by atoms with Crippen molar-refractivity contribution in [2.45, 2.75) is 32.0 Å². The Morgan fingerprint density at radius 2 is 2.10 bits per heavy atom. The minimum absolute atomic E-state index is 0.399. The Balaban J connectivity index is 1.64. The van der Waals surface area contributed by atoms with Crippen molar-refractivity contribution >= 4 is 39.1 Å². The van der Waals surface area contributed by atoms with Gasteiger partial charge in [-0.3, -0.25) is 0 Å². The van der Waals surface area contributed by atoms with Gasteiger partial charge in [0.1, 0.15) is 18.1 Å². The van der Waals surface area contributed by atoms with E-state index in [4.69, 9.17) is 32.4 Å². The first-order chi connectivity index (χ1) is 10.1. The van der Waals surface area contributed by atoms with Gasteiger partial charge in [0.2, 0.25) is 0 Å². The Labute approximate surface area is 141 Å². The number of halogens is 3. The molecule has 0 aliphatic heterocycles. The van der Waals surface area contributed by atoms with Gasteiger partial charge in [0.05, 0.1) is 22.9 Å². The summed E-state index contributed by atoms with van der Waals surface area (Å²) in [5.74, 6) is 1.47. The van der Waals surface area contributed by atoms with Gasteiger partial charge in [-0.2, -0.15) is 0 Å². The van der Waals surface area contributed by atoms with Gasteiger partial charge in [0, 0.05) is 22.1 Å². The molecule has 21 heavy (non-hydrogen) atoms. The van der Waals surface area contributed by atoms with Gasteiger partial charge in [-0.15, -0.1) is 0 Å². The van der Waals surface area contributed by atoms with Gasteiger partial charge < -0.3 is 14.5 Å². The van der Waals surface area contributed by atoms with Crippen molar-refractivity contribution in [1.82, 2.24) is 5.32 Å². The van der Waals surface area contributed by atoms with Crippen molar-refractivity contribution in [1.29, 1.82) is 0 Å². The van der Waals surface area contributed by atoms with Crippen molar-refractivity contribution < 1.29 is 9.15 Å². The fourth-order valence-electron chi connectivity index (χ4n) is 1.95.